The summed E-state index contributed by atoms with van der Waals surface area (Å²) in [5.74, 6) is -0.392. The summed E-state index contributed by atoms with van der Waals surface area (Å²) in [6, 6.07) is 0. The lowest BCUT2D eigenvalue weighted by molar-refractivity contribution is -0.138. The molecule has 0 bridgehead atoms. The van der Waals surface area contributed by atoms with Crippen molar-refractivity contribution in [2.75, 3.05) is 0 Å². The van der Waals surface area contributed by atoms with Gasteiger partial charge in [0.15, 0.2) is 0 Å². The van der Waals surface area contributed by atoms with E-state index in [1.165, 1.54) is 180 Å². The summed E-state index contributed by atoms with van der Waals surface area (Å²) in [7, 11) is 0. The summed E-state index contributed by atoms with van der Waals surface area (Å²) in [6.07, 6.45) is 43.3. The highest BCUT2D eigenvalue weighted by molar-refractivity contribution is 5.66. The molecule has 0 fully saturated rings. The lowest BCUT2D eigenvalue weighted by Gasteiger charge is -2.11. The number of hydrogen-bond donors (Lipinski definition) is 2. The first kappa shape index (κ1) is 40.9. The molecule has 0 unspecified atom stereocenters. The lowest BCUT2D eigenvalue weighted by atomic mass is 9.95. The quantitative estimate of drug-likeness (QED) is 0.0707. The zero-order valence-corrected chi connectivity index (χ0v) is 28.3. The molecule has 0 spiro atoms. The van der Waals surface area contributed by atoms with Crippen LogP contribution in [0.4, 0.5) is 0 Å². The average Bonchev–Trinajstić information content (AvgIpc) is 2.96. The molecule has 2 N–H and O–H groups in total. The SMILES string of the molecule is CC(CCCCCCCCCCCCCCCCCC(=O)O)CCCCCCCCCCCCCCCCCC(=O)O. The van der Waals surface area contributed by atoms with Crippen LogP contribution in [-0.4, -0.2) is 22.2 Å². The third kappa shape index (κ3) is 37.0. The van der Waals surface area contributed by atoms with Crippen molar-refractivity contribution in [3.63, 3.8) is 0 Å². The predicted octanol–water partition coefficient (Wildman–Crippen LogP) is 13.1. The maximum absolute atomic E-state index is 10.5. The Balaban J connectivity index is 3.16. The van der Waals surface area contributed by atoms with Gasteiger partial charge in [0.1, 0.15) is 0 Å². The summed E-state index contributed by atoms with van der Waals surface area (Å²) >= 11 is 0. The Morgan fingerprint density at radius 2 is 0.500 bits per heavy atom. The summed E-state index contributed by atoms with van der Waals surface area (Å²) in [4.78, 5) is 21.0. The highest BCUT2D eigenvalue weighted by atomic mass is 16.4. The van der Waals surface area contributed by atoms with Crippen molar-refractivity contribution in [1.82, 2.24) is 0 Å². The van der Waals surface area contributed by atoms with E-state index in [0.29, 0.717) is 12.8 Å². The molecule has 250 valence electrons. The average molecular weight is 595 g/mol. The zero-order valence-electron chi connectivity index (χ0n) is 28.3. The van der Waals surface area contributed by atoms with E-state index in [2.05, 4.69) is 6.92 Å². The molecule has 4 nitrogen and oxygen atoms in total. The largest absolute Gasteiger partial charge is 0.481 e. The van der Waals surface area contributed by atoms with E-state index in [4.69, 9.17) is 10.2 Å². The van der Waals surface area contributed by atoms with Gasteiger partial charge in [-0.3, -0.25) is 9.59 Å². The third-order valence-corrected chi connectivity index (χ3v) is 9.18. The minimum absolute atomic E-state index is 0.339. The minimum Gasteiger partial charge on any atom is -0.481 e. The highest BCUT2D eigenvalue weighted by Gasteiger charge is 2.03. The fraction of sp³-hybridized carbons (Fsp3) is 0.947. The number of hydrogen-bond acceptors (Lipinski definition) is 2. The predicted molar refractivity (Wildman–Crippen MR) is 181 cm³/mol. The van der Waals surface area contributed by atoms with E-state index in [9.17, 15) is 9.59 Å². The molecule has 0 radical (unpaired) electrons. The van der Waals surface area contributed by atoms with E-state index in [-0.39, 0.29) is 0 Å². The molecule has 0 saturated carbocycles. The van der Waals surface area contributed by atoms with E-state index in [1.807, 2.05) is 0 Å². The van der Waals surface area contributed by atoms with E-state index in [0.717, 1.165) is 31.6 Å². The molecular weight excluding hydrogens is 520 g/mol. The van der Waals surface area contributed by atoms with Crippen molar-refractivity contribution in [3.8, 4) is 0 Å². The van der Waals surface area contributed by atoms with Crippen LogP contribution in [0.15, 0.2) is 0 Å². The summed E-state index contributed by atoms with van der Waals surface area (Å²) in [5.41, 5.74) is 0. The molecule has 0 heterocycles. The van der Waals surface area contributed by atoms with Gasteiger partial charge >= 0.3 is 11.9 Å². The van der Waals surface area contributed by atoms with E-state index >= 15 is 0 Å². The van der Waals surface area contributed by atoms with Gasteiger partial charge in [0.2, 0.25) is 0 Å². The molecule has 42 heavy (non-hydrogen) atoms. The van der Waals surface area contributed by atoms with Crippen molar-refractivity contribution in [3.05, 3.63) is 0 Å². The first-order valence-corrected chi connectivity index (χ1v) is 19.0. The second-order valence-electron chi connectivity index (χ2n) is 13.6. The Labute approximate surface area is 262 Å². The normalized spacial score (nSPS) is 11.5. The van der Waals surface area contributed by atoms with Gasteiger partial charge in [-0.15, -0.1) is 0 Å². The number of rotatable bonds is 36. The molecule has 4 heteroatoms. The smallest absolute Gasteiger partial charge is 0.303 e. The Morgan fingerprint density at radius 1 is 0.333 bits per heavy atom. The van der Waals surface area contributed by atoms with Crippen LogP contribution in [0.3, 0.4) is 0 Å². The van der Waals surface area contributed by atoms with Crippen LogP contribution in [0.5, 0.6) is 0 Å². The fourth-order valence-corrected chi connectivity index (χ4v) is 6.28. The number of aliphatic carboxylic acids is 2. The van der Waals surface area contributed by atoms with Gasteiger partial charge in [-0.25, -0.2) is 0 Å². The monoisotopic (exact) mass is 595 g/mol. The lowest BCUT2D eigenvalue weighted by Crippen LogP contribution is -1.95. The fourth-order valence-electron chi connectivity index (χ4n) is 6.28. The number of carboxylic acid groups (broad SMARTS) is 2. The highest BCUT2D eigenvalue weighted by Crippen LogP contribution is 2.20. The van der Waals surface area contributed by atoms with Crippen LogP contribution in [0.25, 0.3) is 0 Å². The molecular formula is C38H74O4. The second-order valence-corrected chi connectivity index (χ2v) is 13.6. The van der Waals surface area contributed by atoms with E-state index in [1.54, 1.807) is 0 Å². The Morgan fingerprint density at radius 3 is 0.690 bits per heavy atom. The van der Waals surface area contributed by atoms with Gasteiger partial charge in [-0.05, 0) is 18.8 Å². The number of carboxylic acids is 2. The van der Waals surface area contributed by atoms with Gasteiger partial charge < -0.3 is 10.2 Å². The van der Waals surface area contributed by atoms with Gasteiger partial charge in [0, 0.05) is 12.8 Å². The molecule has 0 aromatic rings. The third-order valence-electron chi connectivity index (χ3n) is 9.18. The van der Waals surface area contributed by atoms with Gasteiger partial charge in [-0.2, -0.15) is 0 Å². The first-order valence-electron chi connectivity index (χ1n) is 19.0. The maximum atomic E-state index is 10.5. The van der Waals surface area contributed by atoms with Crippen molar-refractivity contribution in [1.29, 1.82) is 0 Å². The van der Waals surface area contributed by atoms with Crippen LogP contribution < -0.4 is 0 Å². The number of unbranched alkanes of at least 4 members (excludes halogenated alkanes) is 28. The number of carbonyl (C=O) groups is 2. The molecule has 0 saturated heterocycles. The van der Waals surface area contributed by atoms with Crippen LogP contribution in [0.2, 0.25) is 0 Å². The molecule has 0 aromatic carbocycles. The van der Waals surface area contributed by atoms with Gasteiger partial charge in [0.05, 0.1) is 0 Å². The maximum Gasteiger partial charge on any atom is 0.303 e. The molecule has 0 atom stereocenters. The van der Waals surface area contributed by atoms with Crippen molar-refractivity contribution >= 4 is 11.9 Å². The summed E-state index contributed by atoms with van der Waals surface area (Å²) < 4.78 is 0. The van der Waals surface area contributed by atoms with Crippen LogP contribution >= 0.6 is 0 Å². The van der Waals surface area contributed by atoms with Crippen molar-refractivity contribution < 1.29 is 19.8 Å². The van der Waals surface area contributed by atoms with Crippen molar-refractivity contribution in [2.24, 2.45) is 5.92 Å². The van der Waals surface area contributed by atoms with Gasteiger partial charge in [-0.1, -0.05) is 200 Å². The molecule has 0 aliphatic rings. The van der Waals surface area contributed by atoms with Crippen LogP contribution in [0, 0.1) is 5.92 Å². The second kappa shape index (κ2) is 34.4. The first-order chi connectivity index (χ1) is 20.5. The van der Waals surface area contributed by atoms with Crippen LogP contribution in [-0.2, 0) is 9.59 Å². The minimum atomic E-state index is -0.654. The zero-order chi connectivity index (χ0) is 30.8. The van der Waals surface area contributed by atoms with E-state index < -0.39 is 11.9 Å². The Hall–Kier alpha value is -1.06. The Kier molecular flexibility index (Phi) is 33.6. The summed E-state index contributed by atoms with van der Waals surface area (Å²) in [5, 5.41) is 17.3. The molecule has 0 aliphatic heterocycles. The summed E-state index contributed by atoms with van der Waals surface area (Å²) in [6.45, 7) is 2.47. The van der Waals surface area contributed by atoms with Crippen LogP contribution in [0.1, 0.15) is 225 Å². The Bertz CT molecular complexity index is 513. The molecule has 0 aliphatic carbocycles. The van der Waals surface area contributed by atoms with Crippen molar-refractivity contribution in [2.45, 2.75) is 225 Å². The molecule has 0 amide bonds. The standard InChI is InChI=1S/C38H74O4/c1-36(32-28-24-20-16-12-8-4-2-6-10-14-18-22-26-30-34-37(39)40)33-29-25-21-17-13-9-5-3-7-11-15-19-23-27-31-35-38(41)42/h36H,2-35H2,1H3,(H,39,40)(H,41,42). The molecule has 0 aromatic heterocycles. The molecule has 0 rings (SSSR count). The topological polar surface area (TPSA) is 74.6 Å². The van der Waals surface area contributed by atoms with Gasteiger partial charge in [0.25, 0.3) is 0 Å².